The van der Waals surface area contributed by atoms with E-state index in [1.807, 2.05) is 19.1 Å². The van der Waals surface area contributed by atoms with Gasteiger partial charge >= 0.3 is 11.9 Å². The molecule has 0 saturated heterocycles. The van der Waals surface area contributed by atoms with Crippen molar-refractivity contribution in [3.8, 4) is 0 Å². The number of alkyl halides is 2. The van der Waals surface area contributed by atoms with Gasteiger partial charge in [0.05, 0.1) is 6.61 Å². The largest absolute Gasteiger partial charge is 0.462 e. The van der Waals surface area contributed by atoms with E-state index in [4.69, 9.17) is 5.73 Å². The zero-order chi connectivity index (χ0) is 15.6. The standard InChI is InChI=1S/C16H17F2NO2/c1-3-21-15(20)16(17,18)14(19)13-9-8-10(2)11-6-4-5-7-12(11)13/h4-9,14H,3,19H2,1-2H3/t14-/m1/s1. The molecule has 0 aliphatic rings. The molecule has 112 valence electrons. The summed E-state index contributed by atoms with van der Waals surface area (Å²) in [4.78, 5) is 11.4. The Morgan fingerprint density at radius 1 is 1.24 bits per heavy atom. The number of fused-ring (bicyclic) bond motifs is 1. The van der Waals surface area contributed by atoms with Gasteiger partial charge in [0.2, 0.25) is 0 Å². The molecule has 0 radical (unpaired) electrons. The molecule has 0 unspecified atom stereocenters. The van der Waals surface area contributed by atoms with E-state index in [1.54, 1.807) is 18.2 Å². The summed E-state index contributed by atoms with van der Waals surface area (Å²) < 4.78 is 32.6. The predicted octanol–water partition coefficient (Wildman–Crippen LogP) is 3.35. The fourth-order valence-corrected chi connectivity index (χ4v) is 2.29. The van der Waals surface area contributed by atoms with E-state index in [9.17, 15) is 13.6 Å². The van der Waals surface area contributed by atoms with Gasteiger partial charge in [-0.15, -0.1) is 0 Å². The topological polar surface area (TPSA) is 52.3 Å². The van der Waals surface area contributed by atoms with Crippen LogP contribution >= 0.6 is 0 Å². The number of rotatable bonds is 4. The monoisotopic (exact) mass is 293 g/mol. The SMILES string of the molecule is CCOC(=O)C(F)(F)[C@H](N)c1ccc(C)c2ccccc12. The van der Waals surface area contributed by atoms with Crippen molar-refractivity contribution >= 4 is 16.7 Å². The first-order valence-electron chi connectivity index (χ1n) is 6.68. The molecule has 3 nitrogen and oxygen atoms in total. The second-order valence-corrected chi connectivity index (χ2v) is 4.84. The van der Waals surface area contributed by atoms with Gasteiger partial charge in [0, 0.05) is 0 Å². The van der Waals surface area contributed by atoms with Crippen LogP contribution in [0.4, 0.5) is 8.78 Å². The number of halogens is 2. The highest BCUT2D eigenvalue weighted by Gasteiger charge is 2.48. The van der Waals surface area contributed by atoms with E-state index in [-0.39, 0.29) is 12.2 Å². The van der Waals surface area contributed by atoms with Crippen molar-refractivity contribution in [2.75, 3.05) is 6.61 Å². The number of esters is 1. The average Bonchev–Trinajstić information content (AvgIpc) is 2.47. The van der Waals surface area contributed by atoms with E-state index in [0.717, 1.165) is 10.9 Å². The lowest BCUT2D eigenvalue weighted by molar-refractivity contribution is -0.174. The molecular weight excluding hydrogens is 276 g/mol. The van der Waals surface area contributed by atoms with Gasteiger partial charge in [-0.2, -0.15) is 8.78 Å². The maximum absolute atomic E-state index is 14.1. The number of hydrogen-bond donors (Lipinski definition) is 1. The van der Waals surface area contributed by atoms with E-state index in [2.05, 4.69) is 4.74 Å². The molecule has 21 heavy (non-hydrogen) atoms. The Labute approximate surface area is 121 Å². The summed E-state index contributed by atoms with van der Waals surface area (Å²) in [6.07, 6.45) is 0. The van der Waals surface area contributed by atoms with Crippen molar-refractivity contribution in [1.82, 2.24) is 0 Å². The maximum atomic E-state index is 14.1. The second-order valence-electron chi connectivity index (χ2n) is 4.84. The van der Waals surface area contributed by atoms with Crippen LogP contribution in [0, 0.1) is 6.92 Å². The molecule has 2 aromatic carbocycles. The first-order chi connectivity index (χ1) is 9.89. The molecule has 0 aliphatic heterocycles. The van der Waals surface area contributed by atoms with Crippen molar-refractivity contribution in [2.24, 2.45) is 5.73 Å². The fourth-order valence-electron chi connectivity index (χ4n) is 2.29. The van der Waals surface area contributed by atoms with Gasteiger partial charge in [0.15, 0.2) is 0 Å². The normalized spacial score (nSPS) is 13.2. The molecule has 0 amide bonds. The first-order valence-corrected chi connectivity index (χ1v) is 6.68. The number of benzene rings is 2. The van der Waals surface area contributed by atoms with Crippen LogP contribution in [-0.2, 0) is 9.53 Å². The molecule has 0 saturated carbocycles. The number of carbonyl (C=O) groups excluding carboxylic acids is 1. The van der Waals surface area contributed by atoms with Crippen molar-refractivity contribution in [3.63, 3.8) is 0 Å². The van der Waals surface area contributed by atoms with Crippen molar-refractivity contribution < 1.29 is 18.3 Å². The lowest BCUT2D eigenvalue weighted by Gasteiger charge is -2.23. The minimum absolute atomic E-state index is 0.115. The van der Waals surface area contributed by atoms with E-state index in [1.165, 1.54) is 13.0 Å². The third-order valence-corrected chi connectivity index (χ3v) is 3.45. The summed E-state index contributed by atoms with van der Waals surface area (Å²) in [5, 5.41) is 1.46. The smallest absolute Gasteiger partial charge is 0.379 e. The molecular formula is C16H17F2NO2. The summed E-state index contributed by atoms with van der Waals surface area (Å²) in [6, 6.07) is 8.65. The van der Waals surface area contributed by atoms with Crippen LogP contribution < -0.4 is 5.73 Å². The highest BCUT2D eigenvalue weighted by molar-refractivity contribution is 5.90. The fraction of sp³-hybridized carbons (Fsp3) is 0.312. The van der Waals surface area contributed by atoms with Crippen LogP contribution in [0.15, 0.2) is 36.4 Å². The molecule has 0 bridgehead atoms. The summed E-state index contributed by atoms with van der Waals surface area (Å²) in [6.45, 7) is 3.25. The highest BCUT2D eigenvalue weighted by atomic mass is 19.3. The minimum Gasteiger partial charge on any atom is -0.462 e. The summed E-state index contributed by atoms with van der Waals surface area (Å²) in [5.41, 5.74) is 6.86. The third kappa shape index (κ3) is 2.74. The molecule has 2 aromatic rings. The zero-order valence-corrected chi connectivity index (χ0v) is 11.9. The molecule has 0 aliphatic carbocycles. The number of ether oxygens (including phenoxy) is 1. The van der Waals surface area contributed by atoms with Crippen LogP contribution in [0.1, 0.15) is 24.1 Å². The lowest BCUT2D eigenvalue weighted by atomic mass is 9.93. The van der Waals surface area contributed by atoms with E-state index in [0.29, 0.717) is 5.39 Å². The Balaban J connectivity index is 2.51. The molecule has 2 N–H and O–H groups in total. The average molecular weight is 293 g/mol. The second kappa shape index (κ2) is 5.77. The number of carbonyl (C=O) groups is 1. The summed E-state index contributed by atoms with van der Waals surface area (Å²) >= 11 is 0. The van der Waals surface area contributed by atoms with Gasteiger partial charge in [-0.25, -0.2) is 4.79 Å². The Bertz CT molecular complexity index is 670. The Kier molecular flexibility index (Phi) is 4.23. The summed E-state index contributed by atoms with van der Waals surface area (Å²) in [7, 11) is 0. The van der Waals surface area contributed by atoms with Gasteiger partial charge in [0.25, 0.3) is 0 Å². The van der Waals surface area contributed by atoms with Gasteiger partial charge in [-0.3, -0.25) is 0 Å². The number of hydrogen-bond acceptors (Lipinski definition) is 3. The van der Waals surface area contributed by atoms with Gasteiger partial charge in [0.1, 0.15) is 6.04 Å². The van der Waals surface area contributed by atoms with Crippen molar-refractivity contribution in [2.45, 2.75) is 25.8 Å². The predicted molar refractivity (Wildman–Crippen MR) is 77.2 cm³/mol. The Hall–Kier alpha value is -2.01. The Morgan fingerprint density at radius 2 is 1.86 bits per heavy atom. The molecule has 0 fully saturated rings. The van der Waals surface area contributed by atoms with Crippen LogP contribution in [0.25, 0.3) is 10.8 Å². The minimum atomic E-state index is -3.77. The number of aryl methyl sites for hydroxylation is 1. The van der Waals surface area contributed by atoms with Gasteiger partial charge in [-0.1, -0.05) is 36.4 Å². The van der Waals surface area contributed by atoms with Crippen LogP contribution in [0.2, 0.25) is 0 Å². The Morgan fingerprint density at radius 3 is 2.48 bits per heavy atom. The third-order valence-electron chi connectivity index (χ3n) is 3.45. The van der Waals surface area contributed by atoms with Gasteiger partial charge in [-0.05, 0) is 35.7 Å². The summed E-state index contributed by atoms with van der Waals surface area (Å²) in [5.74, 6) is -5.37. The van der Waals surface area contributed by atoms with E-state index < -0.39 is 17.9 Å². The van der Waals surface area contributed by atoms with Crippen LogP contribution in [0.5, 0.6) is 0 Å². The van der Waals surface area contributed by atoms with E-state index >= 15 is 0 Å². The van der Waals surface area contributed by atoms with Crippen molar-refractivity contribution in [3.05, 3.63) is 47.5 Å². The number of nitrogens with two attached hydrogens (primary N) is 1. The molecule has 5 heteroatoms. The van der Waals surface area contributed by atoms with Crippen LogP contribution in [-0.4, -0.2) is 18.5 Å². The lowest BCUT2D eigenvalue weighted by Crippen LogP contribution is -2.41. The van der Waals surface area contributed by atoms with Crippen molar-refractivity contribution in [1.29, 1.82) is 0 Å². The zero-order valence-electron chi connectivity index (χ0n) is 11.9. The molecule has 0 heterocycles. The first kappa shape index (κ1) is 15.4. The molecule has 0 aromatic heterocycles. The maximum Gasteiger partial charge on any atom is 0.379 e. The molecule has 1 atom stereocenters. The van der Waals surface area contributed by atoms with Gasteiger partial charge < -0.3 is 10.5 Å². The highest BCUT2D eigenvalue weighted by Crippen LogP contribution is 2.35. The molecule has 2 rings (SSSR count). The quantitative estimate of drug-likeness (QED) is 0.880. The molecule has 0 spiro atoms. The van der Waals surface area contributed by atoms with Crippen LogP contribution in [0.3, 0.4) is 0 Å².